The largest absolute Gasteiger partial charge is 0.497 e. The normalized spacial score (nSPS) is 12.9. The van der Waals surface area contributed by atoms with Gasteiger partial charge in [-0.2, -0.15) is 0 Å². The third kappa shape index (κ3) is 10.8. The van der Waals surface area contributed by atoms with E-state index in [0.29, 0.717) is 13.0 Å². The first-order chi connectivity index (χ1) is 17.9. The SMILES string of the molecule is COc1cc(NC(C)CCCNC(=O)[C@H](CC(C)C)NC(=O)CNC(=O)OC(C)(C)C)c2ncccc2c1. The predicted molar refractivity (Wildman–Crippen MR) is 149 cm³/mol. The smallest absolute Gasteiger partial charge is 0.408 e. The topological polar surface area (TPSA) is 131 Å². The van der Waals surface area contributed by atoms with E-state index in [-0.39, 0.29) is 24.4 Å². The minimum Gasteiger partial charge on any atom is -0.497 e. The summed E-state index contributed by atoms with van der Waals surface area (Å²) in [5, 5.41) is 12.6. The lowest BCUT2D eigenvalue weighted by Crippen LogP contribution is -2.50. The van der Waals surface area contributed by atoms with Crippen LogP contribution in [0.1, 0.15) is 60.8 Å². The summed E-state index contributed by atoms with van der Waals surface area (Å²) in [7, 11) is 1.64. The van der Waals surface area contributed by atoms with Crippen molar-refractivity contribution < 1.29 is 23.9 Å². The van der Waals surface area contributed by atoms with Crippen LogP contribution >= 0.6 is 0 Å². The molecule has 10 heteroatoms. The Morgan fingerprint density at radius 3 is 2.47 bits per heavy atom. The van der Waals surface area contributed by atoms with Crippen LogP contribution in [0.3, 0.4) is 0 Å². The molecule has 0 bridgehead atoms. The summed E-state index contributed by atoms with van der Waals surface area (Å²) in [6.07, 6.45) is 3.13. The molecule has 0 saturated carbocycles. The molecule has 2 rings (SSSR count). The van der Waals surface area contributed by atoms with Gasteiger partial charge in [-0.25, -0.2) is 4.79 Å². The van der Waals surface area contributed by atoms with Gasteiger partial charge in [0, 0.05) is 30.2 Å². The quantitative estimate of drug-likeness (QED) is 0.289. The van der Waals surface area contributed by atoms with E-state index in [1.165, 1.54) is 0 Å². The molecule has 2 aromatic rings. The Kier molecular flexibility index (Phi) is 11.6. The number of aromatic nitrogens is 1. The number of carbonyl (C=O) groups is 3. The zero-order valence-electron chi connectivity index (χ0n) is 23.6. The van der Waals surface area contributed by atoms with Crippen LogP contribution in [0.4, 0.5) is 10.5 Å². The van der Waals surface area contributed by atoms with E-state index in [9.17, 15) is 14.4 Å². The van der Waals surface area contributed by atoms with Gasteiger partial charge in [0.15, 0.2) is 0 Å². The molecule has 210 valence electrons. The first kappa shape index (κ1) is 30.7. The fraction of sp³-hybridized carbons (Fsp3) is 0.571. The average molecular weight is 530 g/mol. The number of methoxy groups -OCH3 is 1. The molecular weight excluding hydrogens is 486 g/mol. The molecule has 3 amide bonds. The molecule has 4 N–H and O–H groups in total. The minimum atomic E-state index is -0.687. The molecule has 38 heavy (non-hydrogen) atoms. The maximum absolute atomic E-state index is 12.8. The Morgan fingerprint density at radius 2 is 1.82 bits per heavy atom. The number of carbonyl (C=O) groups excluding carboxylic acids is 3. The number of fused-ring (bicyclic) bond motifs is 1. The van der Waals surface area contributed by atoms with Crippen LogP contribution in [-0.4, -0.2) is 60.8 Å². The Labute approximate surface area is 225 Å². The van der Waals surface area contributed by atoms with Crippen LogP contribution in [0.5, 0.6) is 5.75 Å². The summed E-state index contributed by atoms with van der Waals surface area (Å²) in [6.45, 7) is 11.5. The highest BCUT2D eigenvalue weighted by Gasteiger charge is 2.23. The lowest BCUT2D eigenvalue weighted by Gasteiger charge is -2.22. The van der Waals surface area contributed by atoms with Gasteiger partial charge in [-0.3, -0.25) is 14.6 Å². The number of nitrogens with zero attached hydrogens (tertiary/aromatic N) is 1. The molecule has 1 aromatic heterocycles. The van der Waals surface area contributed by atoms with E-state index in [2.05, 4.69) is 33.2 Å². The zero-order chi connectivity index (χ0) is 28.3. The van der Waals surface area contributed by atoms with Crippen LogP contribution in [0, 0.1) is 5.92 Å². The number of rotatable bonds is 13. The van der Waals surface area contributed by atoms with E-state index >= 15 is 0 Å². The third-order valence-corrected chi connectivity index (χ3v) is 5.58. The second kappa shape index (κ2) is 14.4. The van der Waals surface area contributed by atoms with Gasteiger partial charge in [-0.15, -0.1) is 0 Å². The molecule has 1 aromatic carbocycles. The number of anilines is 1. The van der Waals surface area contributed by atoms with Gasteiger partial charge in [0.2, 0.25) is 11.8 Å². The van der Waals surface area contributed by atoms with Crippen LogP contribution < -0.4 is 26.0 Å². The number of amides is 3. The monoisotopic (exact) mass is 529 g/mol. The molecule has 1 heterocycles. The van der Waals surface area contributed by atoms with Crippen molar-refractivity contribution in [2.45, 2.75) is 78.5 Å². The predicted octanol–water partition coefficient (Wildman–Crippen LogP) is 4.00. The van der Waals surface area contributed by atoms with Gasteiger partial charge in [-0.05, 0) is 65.0 Å². The Hall–Kier alpha value is -3.56. The molecule has 0 saturated heterocycles. The highest BCUT2D eigenvalue weighted by Crippen LogP contribution is 2.28. The van der Waals surface area contributed by atoms with E-state index in [4.69, 9.17) is 9.47 Å². The first-order valence-electron chi connectivity index (χ1n) is 13.1. The van der Waals surface area contributed by atoms with Crippen molar-refractivity contribution in [1.82, 2.24) is 20.9 Å². The molecule has 0 aliphatic rings. The van der Waals surface area contributed by atoms with Gasteiger partial charge in [-0.1, -0.05) is 19.9 Å². The molecular formula is C28H43N5O5. The summed E-state index contributed by atoms with van der Waals surface area (Å²) in [5.74, 6) is 0.258. The van der Waals surface area contributed by atoms with Gasteiger partial charge >= 0.3 is 6.09 Å². The van der Waals surface area contributed by atoms with Crippen molar-refractivity contribution in [2.75, 3.05) is 25.5 Å². The highest BCUT2D eigenvalue weighted by molar-refractivity contribution is 5.92. The molecule has 0 aliphatic carbocycles. The standard InChI is InChI=1S/C28H43N5O5/c1-18(2)14-23(33-24(34)17-31-27(36)38-28(4,5)6)26(35)30-13-8-10-19(3)32-22-16-21(37-7)15-20-11-9-12-29-25(20)22/h9,11-12,15-16,18-19,23,32H,8,10,13-14,17H2,1-7H3,(H,30,35)(H,31,36)(H,33,34)/t19?,23-/m0/s1. The number of hydrogen-bond acceptors (Lipinski definition) is 7. The number of pyridine rings is 1. The van der Waals surface area contributed by atoms with E-state index in [1.807, 2.05) is 38.1 Å². The zero-order valence-corrected chi connectivity index (χ0v) is 23.6. The lowest BCUT2D eigenvalue weighted by atomic mass is 10.0. The summed E-state index contributed by atoms with van der Waals surface area (Å²) in [6, 6.07) is 7.22. The van der Waals surface area contributed by atoms with Crippen molar-refractivity contribution in [3.05, 3.63) is 30.5 Å². The van der Waals surface area contributed by atoms with Crippen LogP contribution in [-0.2, 0) is 14.3 Å². The number of benzene rings is 1. The average Bonchev–Trinajstić information content (AvgIpc) is 2.83. The van der Waals surface area contributed by atoms with Crippen molar-refractivity contribution in [3.8, 4) is 5.75 Å². The highest BCUT2D eigenvalue weighted by atomic mass is 16.6. The van der Waals surface area contributed by atoms with Crippen molar-refractivity contribution in [3.63, 3.8) is 0 Å². The van der Waals surface area contributed by atoms with E-state index in [0.717, 1.165) is 35.2 Å². The molecule has 0 fully saturated rings. The third-order valence-electron chi connectivity index (χ3n) is 5.58. The Bertz CT molecular complexity index is 1080. The fourth-order valence-electron chi connectivity index (χ4n) is 3.89. The van der Waals surface area contributed by atoms with Crippen LogP contribution in [0.15, 0.2) is 30.5 Å². The summed E-state index contributed by atoms with van der Waals surface area (Å²) in [5.41, 5.74) is 1.12. The molecule has 0 spiro atoms. The van der Waals surface area contributed by atoms with Gasteiger partial charge in [0.25, 0.3) is 0 Å². The Balaban J connectivity index is 1.83. The van der Waals surface area contributed by atoms with E-state index < -0.39 is 23.6 Å². The Morgan fingerprint density at radius 1 is 1.08 bits per heavy atom. The number of ether oxygens (including phenoxy) is 2. The van der Waals surface area contributed by atoms with E-state index in [1.54, 1.807) is 34.1 Å². The van der Waals surface area contributed by atoms with Crippen molar-refractivity contribution in [1.29, 1.82) is 0 Å². The number of alkyl carbamates (subject to hydrolysis) is 1. The first-order valence-corrected chi connectivity index (χ1v) is 13.1. The molecule has 0 aliphatic heterocycles. The van der Waals surface area contributed by atoms with Crippen LogP contribution in [0.2, 0.25) is 0 Å². The van der Waals surface area contributed by atoms with Gasteiger partial charge in [0.05, 0.1) is 18.3 Å². The molecule has 2 atom stereocenters. The lowest BCUT2D eigenvalue weighted by molar-refractivity contribution is -0.129. The fourth-order valence-corrected chi connectivity index (χ4v) is 3.89. The van der Waals surface area contributed by atoms with Gasteiger partial charge in [0.1, 0.15) is 23.9 Å². The van der Waals surface area contributed by atoms with Crippen LogP contribution in [0.25, 0.3) is 10.9 Å². The van der Waals surface area contributed by atoms with Crippen molar-refractivity contribution >= 4 is 34.5 Å². The molecule has 1 unspecified atom stereocenters. The second-order valence-corrected chi connectivity index (χ2v) is 10.8. The number of hydrogen-bond donors (Lipinski definition) is 4. The summed E-state index contributed by atoms with van der Waals surface area (Å²) in [4.78, 5) is 41.5. The maximum Gasteiger partial charge on any atom is 0.408 e. The second-order valence-electron chi connectivity index (χ2n) is 10.8. The maximum atomic E-state index is 12.8. The summed E-state index contributed by atoms with van der Waals surface area (Å²) >= 11 is 0. The summed E-state index contributed by atoms with van der Waals surface area (Å²) < 4.78 is 10.6. The molecule has 10 nitrogen and oxygen atoms in total. The molecule has 0 radical (unpaired) electrons. The van der Waals surface area contributed by atoms with Gasteiger partial charge < -0.3 is 30.7 Å². The van der Waals surface area contributed by atoms with Crippen molar-refractivity contribution in [2.24, 2.45) is 5.92 Å². The number of nitrogens with one attached hydrogen (secondary N) is 4. The minimum absolute atomic E-state index is 0.134.